The fraction of sp³-hybridized carbons (Fsp3) is 0.619. The van der Waals surface area contributed by atoms with E-state index in [1.165, 1.54) is 4.90 Å². The summed E-state index contributed by atoms with van der Waals surface area (Å²) in [6.45, 7) is 1.24. The molecule has 7 heteroatoms. The van der Waals surface area contributed by atoms with Crippen LogP contribution in [0.15, 0.2) is 35.4 Å². The number of cyclic esters (lactones) is 1. The molecule has 1 aliphatic heterocycles. The molecule has 0 aliphatic carbocycles. The van der Waals surface area contributed by atoms with Crippen LogP contribution in [-0.2, 0) is 16.0 Å². The van der Waals surface area contributed by atoms with Crippen molar-refractivity contribution in [2.24, 2.45) is 11.0 Å². The average molecular weight is 386 g/mol. The number of azide groups is 1. The first kappa shape index (κ1) is 21.8. The summed E-state index contributed by atoms with van der Waals surface area (Å²) < 4.78 is 4.93. The predicted octanol–water partition coefficient (Wildman–Crippen LogP) is 5.26. The van der Waals surface area contributed by atoms with Crippen molar-refractivity contribution < 1.29 is 14.3 Å². The van der Waals surface area contributed by atoms with E-state index in [1.807, 2.05) is 30.3 Å². The van der Waals surface area contributed by atoms with Crippen molar-refractivity contribution in [3.8, 4) is 0 Å². The monoisotopic (exact) mass is 386 g/mol. The highest BCUT2D eigenvalue weighted by molar-refractivity contribution is 5.94. The highest BCUT2D eigenvalue weighted by Gasteiger charge is 2.33. The highest BCUT2D eigenvalue weighted by Crippen LogP contribution is 2.21. The number of carbonyl (C=O) groups excluding carboxylic acids is 2. The van der Waals surface area contributed by atoms with Gasteiger partial charge in [0.1, 0.15) is 6.61 Å². The number of rotatable bonds is 13. The zero-order valence-corrected chi connectivity index (χ0v) is 16.5. The molecule has 7 nitrogen and oxygen atoms in total. The van der Waals surface area contributed by atoms with Crippen molar-refractivity contribution in [1.29, 1.82) is 0 Å². The van der Waals surface area contributed by atoms with E-state index in [0.29, 0.717) is 26.1 Å². The fourth-order valence-corrected chi connectivity index (χ4v) is 3.53. The molecule has 1 aromatic rings. The van der Waals surface area contributed by atoms with Crippen molar-refractivity contribution >= 4 is 12.0 Å². The van der Waals surface area contributed by atoms with Crippen LogP contribution >= 0.6 is 0 Å². The molecule has 0 aromatic heterocycles. The molecular formula is C21H30N4O3. The van der Waals surface area contributed by atoms with Crippen LogP contribution in [0.5, 0.6) is 0 Å². The molecule has 1 heterocycles. The number of amides is 2. The van der Waals surface area contributed by atoms with Gasteiger partial charge < -0.3 is 4.74 Å². The van der Waals surface area contributed by atoms with Crippen LogP contribution in [0.4, 0.5) is 4.79 Å². The molecule has 2 rings (SSSR count). The Balaban J connectivity index is 1.74. The Bertz CT molecular complexity index is 659. The molecule has 0 radical (unpaired) electrons. The minimum absolute atomic E-state index is 0.107. The van der Waals surface area contributed by atoms with Gasteiger partial charge in [-0.2, -0.15) is 0 Å². The van der Waals surface area contributed by atoms with E-state index in [4.69, 9.17) is 10.3 Å². The van der Waals surface area contributed by atoms with Crippen LogP contribution in [0.2, 0.25) is 0 Å². The van der Waals surface area contributed by atoms with Crippen LogP contribution in [0.25, 0.3) is 10.4 Å². The number of hydrogen-bond donors (Lipinski definition) is 0. The molecule has 152 valence electrons. The third kappa shape index (κ3) is 7.61. The van der Waals surface area contributed by atoms with Crippen molar-refractivity contribution in [2.45, 2.75) is 57.8 Å². The standard InChI is InChI=1S/C21H30N4O3/c22-24-23-14-10-5-3-1-2-4-9-13-19(17-18-11-7-6-8-12-18)20(26)25-15-16-28-21(25)27/h6-8,11-12,19H,1-5,9-10,13-17H2. The van der Waals surface area contributed by atoms with Gasteiger partial charge in [-0.3, -0.25) is 4.79 Å². The molecule has 1 saturated heterocycles. The number of ether oxygens (including phenoxy) is 1. The molecule has 1 atom stereocenters. The van der Waals surface area contributed by atoms with Gasteiger partial charge in [0, 0.05) is 17.4 Å². The van der Waals surface area contributed by atoms with E-state index < -0.39 is 6.09 Å². The van der Waals surface area contributed by atoms with Crippen LogP contribution in [0.3, 0.4) is 0 Å². The first-order valence-corrected chi connectivity index (χ1v) is 10.3. The lowest BCUT2D eigenvalue weighted by Gasteiger charge is -2.20. The van der Waals surface area contributed by atoms with E-state index >= 15 is 0 Å². The quantitative estimate of drug-likeness (QED) is 0.200. The van der Waals surface area contributed by atoms with Gasteiger partial charge in [-0.05, 0) is 30.4 Å². The minimum atomic E-state index is -0.510. The minimum Gasteiger partial charge on any atom is -0.447 e. The van der Waals surface area contributed by atoms with Gasteiger partial charge in [0.25, 0.3) is 0 Å². The molecule has 1 fully saturated rings. The third-order valence-corrected chi connectivity index (χ3v) is 5.07. The summed E-state index contributed by atoms with van der Waals surface area (Å²) in [5, 5.41) is 3.54. The lowest BCUT2D eigenvalue weighted by molar-refractivity contribution is -0.132. The molecule has 1 aliphatic rings. The first-order valence-electron chi connectivity index (χ1n) is 10.3. The Kier molecular flexibility index (Phi) is 9.94. The van der Waals surface area contributed by atoms with Crippen molar-refractivity contribution in [3.05, 3.63) is 46.3 Å². The van der Waals surface area contributed by atoms with Crippen LogP contribution in [0, 0.1) is 5.92 Å². The van der Waals surface area contributed by atoms with Gasteiger partial charge >= 0.3 is 6.09 Å². The van der Waals surface area contributed by atoms with E-state index in [0.717, 1.165) is 56.9 Å². The van der Waals surface area contributed by atoms with Gasteiger partial charge in [-0.1, -0.05) is 74.0 Å². The van der Waals surface area contributed by atoms with Crippen LogP contribution in [-0.4, -0.2) is 36.6 Å². The normalized spacial score (nSPS) is 14.4. The van der Waals surface area contributed by atoms with E-state index in [-0.39, 0.29) is 11.8 Å². The smallest absolute Gasteiger partial charge is 0.416 e. The highest BCUT2D eigenvalue weighted by atomic mass is 16.6. The summed E-state index contributed by atoms with van der Waals surface area (Å²) in [6, 6.07) is 9.97. The number of unbranched alkanes of at least 4 members (excludes halogenated alkanes) is 6. The molecule has 0 bridgehead atoms. The number of benzene rings is 1. The molecule has 0 N–H and O–H groups in total. The number of carbonyl (C=O) groups is 2. The molecule has 0 spiro atoms. The molecule has 2 amide bonds. The summed E-state index contributed by atoms with van der Waals surface area (Å²) in [5.74, 6) is -0.290. The van der Waals surface area contributed by atoms with Gasteiger partial charge in [0.15, 0.2) is 0 Å². The van der Waals surface area contributed by atoms with Gasteiger partial charge in [-0.25, -0.2) is 9.69 Å². The fourth-order valence-electron chi connectivity index (χ4n) is 3.53. The van der Waals surface area contributed by atoms with Crippen LogP contribution < -0.4 is 0 Å². The Hall–Kier alpha value is -2.53. The maximum atomic E-state index is 12.8. The zero-order chi connectivity index (χ0) is 20.0. The lowest BCUT2D eigenvalue weighted by Crippen LogP contribution is -2.37. The number of imide groups is 1. The second-order valence-corrected chi connectivity index (χ2v) is 7.21. The van der Waals surface area contributed by atoms with Gasteiger partial charge in [0.2, 0.25) is 5.91 Å². The van der Waals surface area contributed by atoms with E-state index in [9.17, 15) is 9.59 Å². The van der Waals surface area contributed by atoms with Crippen LogP contribution in [0.1, 0.15) is 56.9 Å². The Morgan fingerprint density at radius 3 is 2.43 bits per heavy atom. The van der Waals surface area contributed by atoms with E-state index in [2.05, 4.69) is 10.0 Å². The first-order chi connectivity index (χ1) is 13.7. The number of hydrogen-bond acceptors (Lipinski definition) is 4. The van der Waals surface area contributed by atoms with Crippen molar-refractivity contribution in [2.75, 3.05) is 19.7 Å². The maximum Gasteiger partial charge on any atom is 0.416 e. The Labute approximate surface area is 166 Å². The molecular weight excluding hydrogens is 356 g/mol. The number of nitrogens with zero attached hydrogens (tertiary/aromatic N) is 4. The Morgan fingerprint density at radius 1 is 1.11 bits per heavy atom. The summed E-state index contributed by atoms with van der Waals surface area (Å²) in [7, 11) is 0. The second-order valence-electron chi connectivity index (χ2n) is 7.21. The van der Waals surface area contributed by atoms with E-state index in [1.54, 1.807) is 0 Å². The summed E-state index contributed by atoms with van der Waals surface area (Å²) in [5.41, 5.74) is 9.35. The summed E-state index contributed by atoms with van der Waals surface area (Å²) in [4.78, 5) is 28.6. The molecule has 1 unspecified atom stereocenters. The van der Waals surface area contributed by atoms with Gasteiger partial charge in [0.05, 0.1) is 6.54 Å². The average Bonchev–Trinajstić information content (AvgIpc) is 3.14. The Morgan fingerprint density at radius 2 is 1.79 bits per heavy atom. The topological polar surface area (TPSA) is 95.4 Å². The molecule has 28 heavy (non-hydrogen) atoms. The molecule has 0 saturated carbocycles. The largest absolute Gasteiger partial charge is 0.447 e. The van der Waals surface area contributed by atoms with Crippen molar-refractivity contribution in [1.82, 2.24) is 4.90 Å². The summed E-state index contributed by atoms with van der Waals surface area (Å²) in [6.07, 6.45) is 8.47. The zero-order valence-electron chi connectivity index (χ0n) is 16.5. The maximum absolute atomic E-state index is 12.8. The predicted molar refractivity (Wildman–Crippen MR) is 108 cm³/mol. The van der Waals surface area contributed by atoms with Crippen molar-refractivity contribution in [3.63, 3.8) is 0 Å². The van der Waals surface area contributed by atoms with Gasteiger partial charge in [-0.15, -0.1) is 0 Å². The summed E-state index contributed by atoms with van der Waals surface area (Å²) >= 11 is 0. The second kappa shape index (κ2) is 12.8. The molecule has 1 aromatic carbocycles. The SMILES string of the molecule is [N-]=[N+]=NCCCCCCCCCC(Cc1ccccc1)C(=O)N1CCOC1=O. The third-order valence-electron chi connectivity index (χ3n) is 5.07. The lowest BCUT2D eigenvalue weighted by atomic mass is 9.92.